The van der Waals surface area contributed by atoms with Crippen molar-refractivity contribution in [1.82, 2.24) is 19.9 Å². The monoisotopic (exact) mass is 358 g/mol. The highest BCUT2D eigenvalue weighted by Gasteiger charge is 2.23. The predicted molar refractivity (Wildman–Crippen MR) is 95.8 cm³/mol. The summed E-state index contributed by atoms with van der Waals surface area (Å²) in [5, 5.41) is 3.56. The molecule has 0 spiro atoms. The van der Waals surface area contributed by atoms with E-state index in [1.165, 1.54) is 12.4 Å². The third-order valence-corrected chi connectivity index (χ3v) is 4.85. The number of hydrogen-bond donors (Lipinski definition) is 1. The Morgan fingerprint density at radius 3 is 2.77 bits per heavy atom. The van der Waals surface area contributed by atoms with Crippen LogP contribution in [0.1, 0.15) is 29.9 Å². The van der Waals surface area contributed by atoms with Crippen molar-refractivity contribution in [2.75, 3.05) is 36.5 Å². The van der Waals surface area contributed by atoms with Gasteiger partial charge in [-0.3, -0.25) is 0 Å². The zero-order valence-corrected chi connectivity index (χ0v) is 14.9. The summed E-state index contributed by atoms with van der Waals surface area (Å²) >= 11 is 0. The molecule has 138 valence electrons. The van der Waals surface area contributed by atoms with Crippen LogP contribution in [0.5, 0.6) is 0 Å². The molecule has 2 aliphatic rings. The largest absolute Gasteiger partial charge is 0.379 e. The first-order chi connectivity index (χ1) is 12.7. The molecule has 0 saturated carbocycles. The molecule has 2 aromatic heterocycles. The Hall–Kier alpha value is -2.35. The van der Waals surface area contributed by atoms with Crippen molar-refractivity contribution < 1.29 is 9.13 Å². The molecule has 0 radical (unpaired) electrons. The van der Waals surface area contributed by atoms with Crippen LogP contribution in [0, 0.1) is 12.7 Å². The van der Waals surface area contributed by atoms with Crippen molar-refractivity contribution in [1.29, 1.82) is 0 Å². The summed E-state index contributed by atoms with van der Waals surface area (Å²) < 4.78 is 18.7. The van der Waals surface area contributed by atoms with Crippen molar-refractivity contribution >= 4 is 11.8 Å². The molecule has 1 atom stereocenters. The number of anilines is 2. The number of nitrogens with one attached hydrogen (secondary N) is 1. The van der Waals surface area contributed by atoms with E-state index in [0.29, 0.717) is 18.6 Å². The van der Waals surface area contributed by atoms with E-state index in [1.54, 1.807) is 0 Å². The van der Waals surface area contributed by atoms with E-state index in [0.717, 1.165) is 68.3 Å². The number of nitrogens with zero attached hydrogens (tertiary/aromatic N) is 5. The van der Waals surface area contributed by atoms with Crippen LogP contribution in [0.4, 0.5) is 16.2 Å². The van der Waals surface area contributed by atoms with Crippen molar-refractivity contribution in [2.24, 2.45) is 0 Å². The molecule has 1 unspecified atom stereocenters. The number of fused-ring (bicyclic) bond motifs is 1. The van der Waals surface area contributed by atoms with Crippen molar-refractivity contribution in [3.05, 3.63) is 35.3 Å². The number of ether oxygens (including phenoxy) is 1. The lowest BCUT2D eigenvalue weighted by Gasteiger charge is -2.25. The second-order valence-electron chi connectivity index (χ2n) is 6.79. The van der Waals surface area contributed by atoms with Gasteiger partial charge in [0.25, 0.3) is 0 Å². The van der Waals surface area contributed by atoms with Crippen LogP contribution in [0.2, 0.25) is 0 Å². The quantitative estimate of drug-likeness (QED) is 0.898. The first kappa shape index (κ1) is 17.1. The molecule has 2 aliphatic heterocycles. The average molecular weight is 358 g/mol. The topological polar surface area (TPSA) is 76.1 Å². The normalized spacial score (nSPS) is 20.4. The van der Waals surface area contributed by atoms with Crippen LogP contribution in [-0.4, -0.2) is 52.3 Å². The summed E-state index contributed by atoms with van der Waals surface area (Å²) in [5.74, 6) is 1.83. The van der Waals surface area contributed by atoms with Crippen LogP contribution in [-0.2, 0) is 17.6 Å². The molecule has 0 aromatic carbocycles. The van der Waals surface area contributed by atoms with E-state index in [1.807, 2.05) is 6.92 Å². The maximum absolute atomic E-state index is 13.1. The van der Waals surface area contributed by atoms with Crippen LogP contribution in [0.15, 0.2) is 12.4 Å². The average Bonchev–Trinajstić information content (AvgIpc) is 2.86. The van der Waals surface area contributed by atoms with Gasteiger partial charge in [-0.15, -0.1) is 0 Å². The Kier molecular flexibility index (Phi) is 4.92. The van der Waals surface area contributed by atoms with Gasteiger partial charge in [-0.25, -0.2) is 24.3 Å². The Labute approximate surface area is 152 Å². The maximum atomic E-state index is 13.1. The van der Waals surface area contributed by atoms with Crippen molar-refractivity contribution in [2.45, 2.75) is 38.6 Å². The van der Waals surface area contributed by atoms with Gasteiger partial charge in [-0.2, -0.15) is 0 Å². The first-order valence-electron chi connectivity index (χ1n) is 9.12. The Balaban J connectivity index is 1.55. The van der Waals surface area contributed by atoms with Gasteiger partial charge >= 0.3 is 0 Å². The molecule has 1 fully saturated rings. The molecular weight excluding hydrogens is 335 g/mol. The Morgan fingerprint density at radius 1 is 1.19 bits per heavy atom. The highest BCUT2D eigenvalue weighted by Crippen LogP contribution is 2.24. The van der Waals surface area contributed by atoms with Gasteiger partial charge < -0.3 is 15.0 Å². The van der Waals surface area contributed by atoms with Gasteiger partial charge in [0.15, 0.2) is 5.82 Å². The summed E-state index contributed by atoms with van der Waals surface area (Å²) in [4.78, 5) is 19.6. The smallest absolute Gasteiger partial charge is 0.225 e. The molecule has 2 aromatic rings. The SMILES string of the molecule is Cc1nc2c(c(NC3CCCOC3)n1)CCN(c1ncc(F)cn1)CC2. The van der Waals surface area contributed by atoms with E-state index >= 15 is 0 Å². The number of hydrogen-bond acceptors (Lipinski definition) is 7. The maximum Gasteiger partial charge on any atom is 0.225 e. The van der Waals surface area contributed by atoms with E-state index < -0.39 is 5.82 Å². The standard InChI is InChI=1S/C18H23FN6O/c1-12-22-16-5-7-25(18-20-9-13(19)10-21-18)6-4-15(16)17(23-12)24-14-3-2-8-26-11-14/h9-10,14H,2-8,11H2,1H3,(H,22,23,24). The van der Waals surface area contributed by atoms with E-state index in [9.17, 15) is 4.39 Å². The lowest BCUT2D eigenvalue weighted by atomic mass is 10.1. The van der Waals surface area contributed by atoms with E-state index in [2.05, 4.69) is 30.2 Å². The summed E-state index contributed by atoms with van der Waals surface area (Å²) in [7, 11) is 0. The molecule has 0 amide bonds. The molecule has 1 N–H and O–H groups in total. The van der Waals surface area contributed by atoms with E-state index in [-0.39, 0.29) is 0 Å². The van der Waals surface area contributed by atoms with Crippen molar-refractivity contribution in [3.63, 3.8) is 0 Å². The molecule has 0 bridgehead atoms. The van der Waals surface area contributed by atoms with Crippen molar-refractivity contribution in [3.8, 4) is 0 Å². The second kappa shape index (κ2) is 7.49. The Bertz CT molecular complexity index is 763. The molecular formula is C18H23FN6O. The number of aromatic nitrogens is 4. The highest BCUT2D eigenvalue weighted by atomic mass is 19.1. The summed E-state index contributed by atoms with van der Waals surface area (Å²) in [5.41, 5.74) is 2.23. The van der Waals surface area contributed by atoms with Crippen LogP contribution >= 0.6 is 0 Å². The minimum atomic E-state index is -0.422. The fourth-order valence-corrected chi connectivity index (χ4v) is 3.56. The number of aryl methyl sites for hydroxylation is 1. The minimum Gasteiger partial charge on any atom is -0.379 e. The van der Waals surface area contributed by atoms with Gasteiger partial charge in [0.05, 0.1) is 30.7 Å². The summed E-state index contributed by atoms with van der Waals surface area (Å²) in [6.07, 6.45) is 6.16. The zero-order valence-electron chi connectivity index (χ0n) is 14.9. The fourth-order valence-electron chi connectivity index (χ4n) is 3.56. The van der Waals surface area contributed by atoms with Crippen LogP contribution in [0.3, 0.4) is 0 Å². The predicted octanol–water partition coefficient (Wildman–Crippen LogP) is 1.91. The number of halogens is 1. The first-order valence-corrected chi connectivity index (χ1v) is 9.12. The lowest BCUT2D eigenvalue weighted by Crippen LogP contribution is -2.31. The van der Waals surface area contributed by atoms with Crippen LogP contribution < -0.4 is 10.2 Å². The Morgan fingerprint density at radius 2 is 2.00 bits per heavy atom. The third-order valence-electron chi connectivity index (χ3n) is 4.85. The fraction of sp³-hybridized carbons (Fsp3) is 0.556. The molecule has 26 heavy (non-hydrogen) atoms. The molecule has 4 rings (SSSR count). The van der Waals surface area contributed by atoms with Gasteiger partial charge in [0, 0.05) is 31.7 Å². The van der Waals surface area contributed by atoms with Crippen LogP contribution in [0.25, 0.3) is 0 Å². The summed E-state index contributed by atoms with van der Waals surface area (Å²) in [6, 6.07) is 0.293. The molecule has 0 aliphatic carbocycles. The molecule has 1 saturated heterocycles. The molecule has 4 heterocycles. The molecule has 8 heteroatoms. The zero-order chi connectivity index (χ0) is 17.9. The molecule has 7 nitrogen and oxygen atoms in total. The highest BCUT2D eigenvalue weighted by molar-refractivity contribution is 5.49. The third kappa shape index (κ3) is 3.75. The lowest BCUT2D eigenvalue weighted by molar-refractivity contribution is 0.0875. The van der Waals surface area contributed by atoms with Gasteiger partial charge in [0.2, 0.25) is 5.95 Å². The van der Waals surface area contributed by atoms with Gasteiger partial charge in [-0.05, 0) is 26.2 Å². The van der Waals surface area contributed by atoms with Gasteiger partial charge in [0.1, 0.15) is 11.6 Å². The minimum absolute atomic E-state index is 0.293. The number of rotatable bonds is 3. The van der Waals surface area contributed by atoms with Gasteiger partial charge in [-0.1, -0.05) is 0 Å². The summed E-state index contributed by atoms with van der Waals surface area (Å²) in [6.45, 7) is 4.98. The van der Waals surface area contributed by atoms with E-state index in [4.69, 9.17) is 4.74 Å². The second-order valence-corrected chi connectivity index (χ2v) is 6.79.